The molecule has 1 aliphatic rings. The molecular formula is C21H20FN3O2. The van der Waals surface area contributed by atoms with Gasteiger partial charge in [-0.05, 0) is 42.0 Å². The highest BCUT2D eigenvalue weighted by Crippen LogP contribution is 2.33. The average molecular weight is 365 g/mol. The van der Waals surface area contributed by atoms with Crippen LogP contribution in [-0.4, -0.2) is 29.2 Å². The summed E-state index contributed by atoms with van der Waals surface area (Å²) in [5.74, 6) is 0.382. The Morgan fingerprint density at radius 2 is 1.93 bits per heavy atom. The third-order valence-corrected chi connectivity index (χ3v) is 4.81. The van der Waals surface area contributed by atoms with Crippen LogP contribution in [0.15, 0.2) is 66.9 Å². The van der Waals surface area contributed by atoms with Crippen LogP contribution in [0, 0.1) is 5.82 Å². The molecule has 0 saturated heterocycles. The molecule has 3 aromatic rings. The van der Waals surface area contributed by atoms with Gasteiger partial charge in [-0.15, -0.1) is 0 Å². The number of halogens is 1. The zero-order valence-corrected chi connectivity index (χ0v) is 14.9. The number of carbonyl (C=O) groups is 1. The van der Waals surface area contributed by atoms with Gasteiger partial charge in [-0.1, -0.05) is 18.2 Å². The molecule has 1 aromatic heterocycles. The molecule has 0 fully saturated rings. The topological polar surface area (TPSA) is 46.5 Å². The van der Waals surface area contributed by atoms with E-state index >= 15 is 0 Å². The smallest absolute Gasteiger partial charge is 0.322 e. The monoisotopic (exact) mass is 365 g/mol. The number of amides is 2. The van der Waals surface area contributed by atoms with Crippen molar-refractivity contribution in [2.45, 2.75) is 12.6 Å². The SMILES string of the molecule is COc1cccc(NC(=O)N2CCn3cccc3C2c2ccc(F)cc2)c1. The van der Waals surface area contributed by atoms with Crippen LogP contribution >= 0.6 is 0 Å². The number of benzene rings is 2. The van der Waals surface area contributed by atoms with Crippen LogP contribution in [0.25, 0.3) is 0 Å². The van der Waals surface area contributed by atoms with Crippen molar-refractivity contribution in [3.63, 3.8) is 0 Å². The Bertz CT molecular complexity index is 952. The normalized spacial score (nSPS) is 15.9. The molecule has 0 saturated carbocycles. The molecule has 0 spiro atoms. The van der Waals surface area contributed by atoms with Crippen molar-refractivity contribution < 1.29 is 13.9 Å². The van der Waals surface area contributed by atoms with Crippen LogP contribution in [0.4, 0.5) is 14.9 Å². The van der Waals surface area contributed by atoms with E-state index in [0.29, 0.717) is 24.5 Å². The Hall–Kier alpha value is -3.28. The second-order valence-corrected chi connectivity index (χ2v) is 6.44. The Morgan fingerprint density at radius 3 is 2.70 bits per heavy atom. The molecule has 6 heteroatoms. The lowest BCUT2D eigenvalue weighted by atomic mass is 10.0. The number of anilines is 1. The molecule has 4 rings (SSSR count). The molecule has 0 radical (unpaired) electrons. The molecule has 2 amide bonds. The summed E-state index contributed by atoms with van der Waals surface area (Å²) in [6, 6.07) is 17.0. The first-order valence-corrected chi connectivity index (χ1v) is 8.78. The van der Waals surface area contributed by atoms with Gasteiger partial charge in [-0.3, -0.25) is 0 Å². The van der Waals surface area contributed by atoms with E-state index in [1.165, 1.54) is 12.1 Å². The molecular weight excluding hydrogens is 345 g/mol. The highest BCUT2D eigenvalue weighted by Gasteiger charge is 2.32. The molecule has 138 valence electrons. The maximum atomic E-state index is 13.4. The fraction of sp³-hybridized carbons (Fsp3) is 0.190. The van der Waals surface area contributed by atoms with Gasteiger partial charge in [0.2, 0.25) is 0 Å². The first-order chi connectivity index (χ1) is 13.2. The van der Waals surface area contributed by atoms with E-state index in [-0.39, 0.29) is 17.9 Å². The quantitative estimate of drug-likeness (QED) is 0.753. The third-order valence-electron chi connectivity index (χ3n) is 4.81. The van der Waals surface area contributed by atoms with E-state index < -0.39 is 0 Å². The first-order valence-electron chi connectivity index (χ1n) is 8.78. The summed E-state index contributed by atoms with van der Waals surface area (Å²) in [6.45, 7) is 1.27. The highest BCUT2D eigenvalue weighted by molar-refractivity contribution is 5.90. The van der Waals surface area contributed by atoms with E-state index in [1.54, 1.807) is 30.2 Å². The van der Waals surface area contributed by atoms with Crippen LogP contribution in [0.2, 0.25) is 0 Å². The lowest BCUT2D eigenvalue weighted by Gasteiger charge is -2.37. The number of nitrogens with zero attached hydrogens (tertiary/aromatic N) is 2. The zero-order chi connectivity index (χ0) is 18.8. The van der Waals surface area contributed by atoms with Crippen LogP contribution in [-0.2, 0) is 6.54 Å². The summed E-state index contributed by atoms with van der Waals surface area (Å²) in [6.07, 6.45) is 2.00. The molecule has 5 nitrogen and oxygen atoms in total. The van der Waals surface area contributed by atoms with Crippen LogP contribution < -0.4 is 10.1 Å². The number of aromatic nitrogens is 1. The van der Waals surface area contributed by atoms with Gasteiger partial charge in [-0.25, -0.2) is 9.18 Å². The number of hydrogen-bond donors (Lipinski definition) is 1. The van der Waals surface area contributed by atoms with Crippen molar-refractivity contribution in [1.82, 2.24) is 9.47 Å². The second-order valence-electron chi connectivity index (χ2n) is 6.44. The Morgan fingerprint density at radius 1 is 1.11 bits per heavy atom. The van der Waals surface area contributed by atoms with Gasteiger partial charge >= 0.3 is 6.03 Å². The van der Waals surface area contributed by atoms with Crippen LogP contribution in [0.3, 0.4) is 0 Å². The van der Waals surface area contributed by atoms with E-state index in [1.807, 2.05) is 36.5 Å². The minimum Gasteiger partial charge on any atom is -0.497 e. The van der Waals surface area contributed by atoms with Gasteiger partial charge in [0.05, 0.1) is 13.2 Å². The maximum Gasteiger partial charge on any atom is 0.322 e. The lowest BCUT2D eigenvalue weighted by Crippen LogP contribution is -2.44. The number of ether oxygens (including phenoxy) is 1. The van der Waals surface area contributed by atoms with Gasteiger partial charge in [0.25, 0.3) is 0 Å². The van der Waals surface area contributed by atoms with E-state index in [4.69, 9.17) is 4.74 Å². The third kappa shape index (κ3) is 3.38. The predicted octanol–water partition coefficient (Wildman–Crippen LogP) is 4.27. The fourth-order valence-corrected chi connectivity index (χ4v) is 3.49. The number of nitrogens with one attached hydrogen (secondary N) is 1. The zero-order valence-electron chi connectivity index (χ0n) is 14.9. The van der Waals surface area contributed by atoms with Gasteiger partial charge in [-0.2, -0.15) is 0 Å². The van der Waals surface area contributed by atoms with E-state index in [0.717, 1.165) is 11.3 Å². The molecule has 27 heavy (non-hydrogen) atoms. The van der Waals surface area contributed by atoms with Crippen molar-refractivity contribution >= 4 is 11.7 Å². The standard InChI is InChI=1S/C21H20FN3O2/c1-27-18-5-2-4-17(14-18)23-21(26)25-13-12-24-11-3-6-19(24)20(25)15-7-9-16(22)10-8-15/h2-11,14,20H,12-13H2,1H3,(H,23,26). The summed E-state index contributed by atoms with van der Waals surface area (Å²) in [4.78, 5) is 14.8. The molecule has 1 atom stereocenters. The summed E-state index contributed by atoms with van der Waals surface area (Å²) in [7, 11) is 1.59. The molecule has 2 heterocycles. The molecule has 1 unspecified atom stereocenters. The number of urea groups is 1. The van der Waals surface area contributed by atoms with Crippen LogP contribution in [0.1, 0.15) is 17.3 Å². The number of rotatable bonds is 3. The largest absolute Gasteiger partial charge is 0.497 e. The van der Waals surface area contributed by atoms with E-state index in [9.17, 15) is 9.18 Å². The second kappa shape index (κ2) is 7.15. The van der Waals surface area contributed by atoms with Crippen molar-refractivity contribution in [2.24, 2.45) is 0 Å². The Balaban J connectivity index is 1.65. The molecule has 2 aromatic carbocycles. The summed E-state index contributed by atoms with van der Waals surface area (Å²) >= 11 is 0. The minimum atomic E-state index is -0.294. The fourth-order valence-electron chi connectivity index (χ4n) is 3.49. The Kier molecular flexibility index (Phi) is 4.54. The van der Waals surface area contributed by atoms with Gasteiger partial charge in [0, 0.05) is 36.7 Å². The maximum absolute atomic E-state index is 13.4. The highest BCUT2D eigenvalue weighted by atomic mass is 19.1. The van der Waals surface area contributed by atoms with Crippen molar-refractivity contribution in [3.05, 3.63) is 83.9 Å². The lowest BCUT2D eigenvalue weighted by molar-refractivity contribution is 0.182. The molecule has 0 aliphatic carbocycles. The summed E-state index contributed by atoms with van der Waals surface area (Å²) in [5.41, 5.74) is 2.55. The number of methoxy groups -OCH3 is 1. The number of hydrogen-bond acceptors (Lipinski definition) is 2. The van der Waals surface area contributed by atoms with Crippen LogP contribution in [0.5, 0.6) is 5.75 Å². The number of fused-ring (bicyclic) bond motifs is 1. The molecule has 0 bridgehead atoms. The minimum absolute atomic E-state index is 0.204. The van der Waals surface area contributed by atoms with Crippen molar-refractivity contribution in [2.75, 3.05) is 19.0 Å². The molecule has 1 N–H and O–H groups in total. The summed E-state index contributed by atoms with van der Waals surface area (Å²) in [5, 5.41) is 2.94. The van der Waals surface area contributed by atoms with Gasteiger partial charge < -0.3 is 19.5 Å². The van der Waals surface area contributed by atoms with Crippen molar-refractivity contribution in [1.29, 1.82) is 0 Å². The first kappa shape index (κ1) is 17.1. The van der Waals surface area contributed by atoms with Gasteiger partial charge in [0.1, 0.15) is 11.6 Å². The predicted molar refractivity (Wildman–Crippen MR) is 101 cm³/mol. The van der Waals surface area contributed by atoms with E-state index in [2.05, 4.69) is 9.88 Å². The number of carbonyl (C=O) groups excluding carboxylic acids is 1. The van der Waals surface area contributed by atoms with Crippen molar-refractivity contribution in [3.8, 4) is 5.75 Å². The average Bonchev–Trinajstić information content (AvgIpc) is 3.17. The summed E-state index contributed by atoms with van der Waals surface area (Å²) < 4.78 is 20.7. The molecule has 1 aliphatic heterocycles. The Labute approximate surface area is 157 Å². The van der Waals surface area contributed by atoms with Gasteiger partial charge in [0.15, 0.2) is 0 Å².